The molecule has 0 bridgehead atoms. The molecule has 2 rings (SSSR count). The van der Waals surface area contributed by atoms with Gasteiger partial charge in [-0.3, -0.25) is 9.59 Å². The van der Waals surface area contributed by atoms with Gasteiger partial charge in [-0.1, -0.05) is 0 Å². The van der Waals surface area contributed by atoms with E-state index in [2.05, 4.69) is 11.0 Å². The summed E-state index contributed by atoms with van der Waals surface area (Å²) in [5.74, 6) is -0.181. The molecule has 2 atom stereocenters. The molecule has 2 aliphatic heterocycles. The number of carbonyl (C=O) groups is 2. The Kier molecular flexibility index (Phi) is 6.85. The van der Waals surface area contributed by atoms with Crippen molar-refractivity contribution in [2.75, 3.05) is 39.3 Å². The molecular weight excluding hydrogens is 294 g/mol. The SMILES string of the molecule is CCOC(=O)C1CCCN(C(=O)C2CCCN(CCC#N)C2)C1. The Balaban J connectivity index is 1.88. The first-order chi connectivity index (χ1) is 11.2. The van der Waals surface area contributed by atoms with Crippen LogP contribution < -0.4 is 0 Å². The van der Waals surface area contributed by atoms with Gasteiger partial charge in [0.25, 0.3) is 0 Å². The predicted octanol–water partition coefficient (Wildman–Crippen LogP) is 1.41. The van der Waals surface area contributed by atoms with Crippen molar-refractivity contribution in [2.24, 2.45) is 11.8 Å². The zero-order chi connectivity index (χ0) is 16.7. The first-order valence-corrected chi connectivity index (χ1v) is 8.70. The normalized spacial score (nSPS) is 25.7. The minimum Gasteiger partial charge on any atom is -0.466 e. The Morgan fingerprint density at radius 1 is 1.17 bits per heavy atom. The molecule has 23 heavy (non-hydrogen) atoms. The van der Waals surface area contributed by atoms with E-state index in [-0.39, 0.29) is 23.7 Å². The Morgan fingerprint density at radius 3 is 2.65 bits per heavy atom. The third-order valence-corrected chi connectivity index (χ3v) is 4.75. The average molecular weight is 321 g/mol. The molecule has 0 aliphatic carbocycles. The Labute approximate surface area is 138 Å². The van der Waals surface area contributed by atoms with Gasteiger partial charge < -0.3 is 14.5 Å². The second-order valence-corrected chi connectivity index (χ2v) is 6.42. The van der Waals surface area contributed by atoms with Gasteiger partial charge in [0.05, 0.1) is 24.5 Å². The first-order valence-electron chi connectivity index (χ1n) is 8.70. The van der Waals surface area contributed by atoms with E-state index in [1.807, 2.05) is 11.8 Å². The third kappa shape index (κ3) is 4.93. The van der Waals surface area contributed by atoms with Crippen LogP contribution in [-0.4, -0.2) is 61.0 Å². The summed E-state index contributed by atoms with van der Waals surface area (Å²) in [6.07, 6.45) is 4.08. The van der Waals surface area contributed by atoms with E-state index in [0.29, 0.717) is 19.6 Å². The van der Waals surface area contributed by atoms with Crippen molar-refractivity contribution in [3.63, 3.8) is 0 Å². The summed E-state index contributed by atoms with van der Waals surface area (Å²) in [5, 5.41) is 8.71. The van der Waals surface area contributed by atoms with Crippen molar-refractivity contribution < 1.29 is 14.3 Å². The molecule has 0 N–H and O–H groups in total. The van der Waals surface area contributed by atoms with E-state index in [0.717, 1.165) is 51.9 Å². The Morgan fingerprint density at radius 2 is 1.91 bits per heavy atom. The number of carbonyl (C=O) groups excluding carboxylic acids is 2. The van der Waals surface area contributed by atoms with Crippen molar-refractivity contribution in [3.05, 3.63) is 0 Å². The van der Waals surface area contributed by atoms with Crippen LogP contribution in [-0.2, 0) is 14.3 Å². The fourth-order valence-corrected chi connectivity index (χ4v) is 3.56. The number of ether oxygens (including phenoxy) is 1. The van der Waals surface area contributed by atoms with Crippen LogP contribution in [0.15, 0.2) is 0 Å². The molecule has 2 saturated heterocycles. The quantitative estimate of drug-likeness (QED) is 0.716. The topological polar surface area (TPSA) is 73.6 Å². The molecule has 0 aromatic heterocycles. The van der Waals surface area contributed by atoms with Crippen LogP contribution in [0.1, 0.15) is 39.0 Å². The number of likely N-dealkylation sites (tertiary alicyclic amines) is 2. The van der Waals surface area contributed by atoms with E-state index in [9.17, 15) is 9.59 Å². The van der Waals surface area contributed by atoms with E-state index in [1.54, 1.807) is 0 Å². The minimum atomic E-state index is -0.177. The van der Waals surface area contributed by atoms with Crippen LogP contribution in [0.25, 0.3) is 0 Å². The summed E-state index contributed by atoms with van der Waals surface area (Å²) in [6.45, 7) is 5.88. The molecule has 2 heterocycles. The van der Waals surface area contributed by atoms with Gasteiger partial charge in [-0.15, -0.1) is 0 Å². The maximum absolute atomic E-state index is 12.8. The highest BCUT2D eigenvalue weighted by Crippen LogP contribution is 2.24. The summed E-state index contributed by atoms with van der Waals surface area (Å²) in [5.41, 5.74) is 0. The maximum Gasteiger partial charge on any atom is 0.310 e. The molecule has 0 spiro atoms. The fraction of sp³-hybridized carbons (Fsp3) is 0.824. The number of nitriles is 1. The fourth-order valence-electron chi connectivity index (χ4n) is 3.56. The molecule has 0 saturated carbocycles. The number of esters is 1. The van der Waals surface area contributed by atoms with Crippen LogP contribution in [0, 0.1) is 23.2 Å². The molecule has 128 valence electrons. The number of rotatable bonds is 5. The third-order valence-electron chi connectivity index (χ3n) is 4.75. The van der Waals surface area contributed by atoms with Crippen molar-refractivity contribution in [1.82, 2.24) is 9.80 Å². The summed E-state index contributed by atoms with van der Waals surface area (Å²) >= 11 is 0. The molecule has 6 heteroatoms. The Hall–Kier alpha value is -1.61. The molecular formula is C17H27N3O3. The number of amides is 1. The lowest BCUT2D eigenvalue weighted by Gasteiger charge is -2.37. The van der Waals surface area contributed by atoms with Crippen molar-refractivity contribution in [1.29, 1.82) is 5.26 Å². The second-order valence-electron chi connectivity index (χ2n) is 6.42. The highest BCUT2D eigenvalue weighted by molar-refractivity contribution is 5.80. The van der Waals surface area contributed by atoms with E-state index >= 15 is 0 Å². The number of piperidine rings is 2. The van der Waals surface area contributed by atoms with Crippen LogP contribution in [0.2, 0.25) is 0 Å². The molecule has 2 fully saturated rings. The molecule has 6 nitrogen and oxygen atoms in total. The smallest absolute Gasteiger partial charge is 0.310 e. The monoisotopic (exact) mass is 321 g/mol. The van der Waals surface area contributed by atoms with Gasteiger partial charge in [0.15, 0.2) is 0 Å². The summed E-state index contributed by atoms with van der Waals surface area (Å²) in [7, 11) is 0. The van der Waals surface area contributed by atoms with Gasteiger partial charge in [0.1, 0.15) is 0 Å². The zero-order valence-electron chi connectivity index (χ0n) is 14.0. The zero-order valence-corrected chi connectivity index (χ0v) is 14.0. The number of hydrogen-bond donors (Lipinski definition) is 0. The Bertz CT molecular complexity index is 460. The van der Waals surface area contributed by atoms with Gasteiger partial charge in [0, 0.05) is 32.6 Å². The molecule has 0 radical (unpaired) electrons. The molecule has 1 amide bonds. The van der Waals surface area contributed by atoms with Gasteiger partial charge in [0.2, 0.25) is 5.91 Å². The maximum atomic E-state index is 12.8. The summed E-state index contributed by atoms with van der Waals surface area (Å²) < 4.78 is 5.10. The number of nitrogens with zero attached hydrogens (tertiary/aromatic N) is 3. The largest absolute Gasteiger partial charge is 0.466 e. The van der Waals surface area contributed by atoms with Gasteiger partial charge in [-0.25, -0.2) is 0 Å². The van der Waals surface area contributed by atoms with E-state index in [4.69, 9.17) is 10.00 Å². The highest BCUT2D eigenvalue weighted by Gasteiger charge is 2.34. The van der Waals surface area contributed by atoms with Gasteiger partial charge in [-0.2, -0.15) is 5.26 Å². The summed E-state index contributed by atoms with van der Waals surface area (Å²) in [6, 6.07) is 2.16. The van der Waals surface area contributed by atoms with Crippen molar-refractivity contribution in [2.45, 2.75) is 39.0 Å². The lowest BCUT2D eigenvalue weighted by molar-refractivity contribution is -0.152. The van der Waals surface area contributed by atoms with Crippen LogP contribution in [0.3, 0.4) is 0 Å². The average Bonchev–Trinajstić information content (AvgIpc) is 2.60. The van der Waals surface area contributed by atoms with Crippen LogP contribution >= 0.6 is 0 Å². The van der Waals surface area contributed by atoms with Gasteiger partial charge in [-0.05, 0) is 39.2 Å². The second kappa shape index (κ2) is 8.88. The van der Waals surface area contributed by atoms with Crippen molar-refractivity contribution >= 4 is 11.9 Å². The highest BCUT2D eigenvalue weighted by atomic mass is 16.5. The molecule has 0 aromatic carbocycles. The standard InChI is InChI=1S/C17H27N3O3/c1-2-23-17(22)15-7-4-11-20(13-15)16(21)14-6-3-9-19(12-14)10-5-8-18/h14-15H,2-7,9-13H2,1H3. The van der Waals surface area contributed by atoms with Crippen LogP contribution in [0.5, 0.6) is 0 Å². The van der Waals surface area contributed by atoms with E-state index in [1.165, 1.54) is 0 Å². The van der Waals surface area contributed by atoms with E-state index < -0.39 is 0 Å². The predicted molar refractivity (Wildman–Crippen MR) is 85.3 cm³/mol. The molecule has 2 unspecified atom stereocenters. The first kappa shape index (κ1) is 17.7. The lowest BCUT2D eigenvalue weighted by Crippen LogP contribution is -2.49. The molecule has 2 aliphatic rings. The van der Waals surface area contributed by atoms with Crippen LogP contribution in [0.4, 0.5) is 0 Å². The van der Waals surface area contributed by atoms with Crippen molar-refractivity contribution in [3.8, 4) is 6.07 Å². The number of hydrogen-bond acceptors (Lipinski definition) is 5. The minimum absolute atomic E-state index is 0.00314. The lowest BCUT2D eigenvalue weighted by atomic mass is 9.93. The molecule has 0 aromatic rings. The summed E-state index contributed by atoms with van der Waals surface area (Å²) in [4.78, 5) is 28.8. The van der Waals surface area contributed by atoms with Gasteiger partial charge >= 0.3 is 5.97 Å².